The largest absolute Gasteiger partial charge is 0.480 e. The van der Waals surface area contributed by atoms with Crippen molar-refractivity contribution in [1.82, 2.24) is 9.80 Å². The van der Waals surface area contributed by atoms with Gasteiger partial charge in [0.2, 0.25) is 0 Å². The molecule has 2 fully saturated rings. The summed E-state index contributed by atoms with van der Waals surface area (Å²) in [4.78, 5) is 26.2. The van der Waals surface area contributed by atoms with Crippen molar-refractivity contribution >= 4 is 12.0 Å². The molecule has 2 aliphatic rings. The molecular formula is C13H22N2O6. The van der Waals surface area contributed by atoms with Crippen LogP contribution in [0.4, 0.5) is 4.79 Å². The van der Waals surface area contributed by atoms with Crippen LogP contribution < -0.4 is 0 Å². The molecule has 8 heteroatoms. The van der Waals surface area contributed by atoms with E-state index in [9.17, 15) is 9.59 Å². The van der Waals surface area contributed by atoms with Gasteiger partial charge in [0.05, 0.1) is 45.0 Å². The highest BCUT2D eigenvalue weighted by Crippen LogP contribution is 2.27. The number of carboxylic acid groups (broad SMARTS) is 1. The number of hydrogen-bond acceptors (Lipinski definition) is 5. The molecule has 0 aromatic rings. The van der Waals surface area contributed by atoms with Crippen LogP contribution in [-0.4, -0.2) is 89.2 Å². The van der Waals surface area contributed by atoms with Crippen molar-refractivity contribution in [3.63, 3.8) is 0 Å². The third-order valence-electron chi connectivity index (χ3n) is 3.82. The number of carbonyl (C=O) groups is 2. The van der Waals surface area contributed by atoms with Crippen LogP contribution in [0.1, 0.15) is 13.8 Å². The van der Waals surface area contributed by atoms with Crippen LogP contribution in [0, 0.1) is 0 Å². The highest BCUT2D eigenvalue weighted by atomic mass is 16.5. The molecule has 120 valence electrons. The summed E-state index contributed by atoms with van der Waals surface area (Å²) in [5.74, 6) is -1.02. The van der Waals surface area contributed by atoms with Crippen molar-refractivity contribution in [2.24, 2.45) is 0 Å². The molecule has 0 radical (unpaired) electrons. The summed E-state index contributed by atoms with van der Waals surface area (Å²) in [6, 6.07) is -0.173. The molecule has 0 aromatic heterocycles. The van der Waals surface area contributed by atoms with E-state index in [0.29, 0.717) is 26.2 Å². The van der Waals surface area contributed by atoms with E-state index in [4.69, 9.17) is 19.7 Å². The second kappa shape index (κ2) is 6.17. The molecule has 2 amide bonds. The maximum Gasteiger partial charge on any atom is 0.329 e. The van der Waals surface area contributed by atoms with Crippen LogP contribution in [0.25, 0.3) is 0 Å². The molecule has 0 aliphatic carbocycles. The summed E-state index contributed by atoms with van der Waals surface area (Å²) in [7, 11) is 0. The third kappa shape index (κ3) is 3.63. The van der Waals surface area contributed by atoms with Gasteiger partial charge in [-0.15, -0.1) is 0 Å². The van der Waals surface area contributed by atoms with Gasteiger partial charge in [-0.25, -0.2) is 9.59 Å². The monoisotopic (exact) mass is 302 g/mol. The smallest absolute Gasteiger partial charge is 0.329 e. The maximum atomic E-state index is 12.4. The zero-order chi connectivity index (χ0) is 15.6. The molecule has 2 saturated heterocycles. The molecule has 0 saturated carbocycles. The standard InChI is InChI=1S/C13H22N2O6/c1-9-5-20-10(4-16)3-15(9)12(19)14-7-13(2,8-14)21-6-11(17)18/h9-10,16H,3-8H2,1-2H3,(H,17,18). The first kappa shape index (κ1) is 16.0. The average Bonchev–Trinajstić information content (AvgIpc) is 2.42. The highest BCUT2D eigenvalue weighted by Gasteiger charge is 2.45. The van der Waals surface area contributed by atoms with E-state index in [1.807, 2.05) is 6.92 Å². The summed E-state index contributed by atoms with van der Waals surface area (Å²) in [5.41, 5.74) is -0.597. The Labute approximate surface area is 123 Å². The average molecular weight is 302 g/mol. The van der Waals surface area contributed by atoms with Gasteiger partial charge in [-0.05, 0) is 13.8 Å². The third-order valence-corrected chi connectivity index (χ3v) is 3.82. The number of rotatable bonds is 4. The number of aliphatic carboxylic acids is 1. The number of nitrogens with zero attached hydrogens (tertiary/aromatic N) is 2. The topological polar surface area (TPSA) is 99.5 Å². The molecule has 2 N–H and O–H groups in total. The predicted molar refractivity (Wildman–Crippen MR) is 72.0 cm³/mol. The summed E-state index contributed by atoms with van der Waals surface area (Å²) in [6.07, 6.45) is -0.346. The summed E-state index contributed by atoms with van der Waals surface area (Å²) in [6.45, 7) is 4.71. The number of carboxylic acids is 1. The second-order valence-corrected chi connectivity index (χ2v) is 5.91. The molecule has 2 heterocycles. The minimum Gasteiger partial charge on any atom is -0.480 e. The summed E-state index contributed by atoms with van der Waals surface area (Å²) in [5, 5.41) is 17.8. The Balaban J connectivity index is 1.86. The molecule has 2 aliphatic heterocycles. The van der Waals surface area contributed by atoms with Gasteiger partial charge < -0.3 is 29.5 Å². The van der Waals surface area contributed by atoms with E-state index < -0.39 is 11.6 Å². The Hall–Kier alpha value is -1.38. The van der Waals surface area contributed by atoms with Crippen LogP contribution in [-0.2, 0) is 14.3 Å². The molecule has 0 spiro atoms. The SMILES string of the molecule is CC1COC(CO)CN1C(=O)N1CC(C)(OCC(=O)O)C1. The van der Waals surface area contributed by atoms with Crippen LogP contribution in [0.2, 0.25) is 0 Å². The van der Waals surface area contributed by atoms with E-state index in [-0.39, 0.29) is 31.4 Å². The van der Waals surface area contributed by atoms with Crippen LogP contribution >= 0.6 is 0 Å². The minimum absolute atomic E-state index is 0.0490. The Bertz CT molecular complexity index is 409. The lowest BCUT2D eigenvalue weighted by atomic mass is 9.96. The number of aliphatic hydroxyl groups excluding tert-OH is 1. The quantitative estimate of drug-likeness (QED) is 0.717. The van der Waals surface area contributed by atoms with Crippen molar-refractivity contribution in [1.29, 1.82) is 0 Å². The summed E-state index contributed by atoms with van der Waals surface area (Å²) >= 11 is 0. The van der Waals surface area contributed by atoms with Gasteiger partial charge >= 0.3 is 12.0 Å². The number of aliphatic hydroxyl groups is 1. The lowest BCUT2D eigenvalue weighted by Crippen LogP contribution is -2.67. The Morgan fingerprint density at radius 1 is 1.43 bits per heavy atom. The number of urea groups is 1. The van der Waals surface area contributed by atoms with Crippen molar-refractivity contribution in [3.8, 4) is 0 Å². The molecule has 8 nitrogen and oxygen atoms in total. The molecule has 0 aromatic carbocycles. The molecule has 2 rings (SSSR count). The normalized spacial score (nSPS) is 28.1. The van der Waals surface area contributed by atoms with Gasteiger partial charge in [0.15, 0.2) is 0 Å². The van der Waals surface area contributed by atoms with Crippen LogP contribution in [0.3, 0.4) is 0 Å². The second-order valence-electron chi connectivity index (χ2n) is 5.91. The van der Waals surface area contributed by atoms with Gasteiger partial charge in [-0.3, -0.25) is 0 Å². The van der Waals surface area contributed by atoms with E-state index in [0.717, 1.165) is 0 Å². The van der Waals surface area contributed by atoms with Gasteiger partial charge in [0.25, 0.3) is 0 Å². The van der Waals surface area contributed by atoms with Crippen molar-refractivity contribution in [2.75, 3.05) is 39.5 Å². The first-order valence-electron chi connectivity index (χ1n) is 6.98. The van der Waals surface area contributed by atoms with E-state index in [1.165, 1.54) is 0 Å². The van der Waals surface area contributed by atoms with Crippen molar-refractivity contribution < 1.29 is 29.3 Å². The summed E-state index contributed by atoms with van der Waals surface area (Å²) < 4.78 is 10.7. The number of ether oxygens (including phenoxy) is 2. The molecular weight excluding hydrogens is 280 g/mol. The lowest BCUT2D eigenvalue weighted by molar-refractivity contribution is -0.161. The van der Waals surface area contributed by atoms with Crippen molar-refractivity contribution in [3.05, 3.63) is 0 Å². The predicted octanol–water partition coefficient (Wildman–Crippen LogP) is -0.636. The first-order valence-corrected chi connectivity index (χ1v) is 6.98. The molecule has 21 heavy (non-hydrogen) atoms. The van der Waals surface area contributed by atoms with Crippen LogP contribution in [0.15, 0.2) is 0 Å². The van der Waals surface area contributed by atoms with E-state index >= 15 is 0 Å². The molecule has 2 atom stereocenters. The van der Waals surface area contributed by atoms with E-state index in [1.54, 1.807) is 16.7 Å². The van der Waals surface area contributed by atoms with Gasteiger partial charge in [-0.2, -0.15) is 0 Å². The lowest BCUT2D eigenvalue weighted by Gasteiger charge is -2.50. The first-order chi connectivity index (χ1) is 9.84. The van der Waals surface area contributed by atoms with Gasteiger partial charge in [0.1, 0.15) is 12.2 Å². The molecule has 0 bridgehead atoms. The number of amides is 2. The number of morpholine rings is 1. The van der Waals surface area contributed by atoms with E-state index in [2.05, 4.69) is 0 Å². The number of hydrogen-bond donors (Lipinski definition) is 2. The zero-order valence-corrected chi connectivity index (χ0v) is 12.3. The van der Waals surface area contributed by atoms with Gasteiger partial charge in [0, 0.05) is 0 Å². The Kier molecular flexibility index (Phi) is 4.70. The number of likely N-dealkylation sites (tertiary alicyclic amines) is 1. The zero-order valence-electron chi connectivity index (χ0n) is 12.3. The highest BCUT2D eigenvalue weighted by molar-refractivity contribution is 5.76. The van der Waals surface area contributed by atoms with Crippen molar-refractivity contribution in [2.45, 2.75) is 31.6 Å². The fourth-order valence-electron chi connectivity index (χ4n) is 2.60. The maximum absolute atomic E-state index is 12.4. The minimum atomic E-state index is -1.02. The molecule has 2 unspecified atom stereocenters. The fraction of sp³-hybridized carbons (Fsp3) is 0.846. The van der Waals surface area contributed by atoms with Gasteiger partial charge in [-0.1, -0.05) is 0 Å². The fourth-order valence-corrected chi connectivity index (χ4v) is 2.60. The van der Waals surface area contributed by atoms with Crippen LogP contribution in [0.5, 0.6) is 0 Å². The Morgan fingerprint density at radius 2 is 2.10 bits per heavy atom. The number of carbonyl (C=O) groups excluding carboxylic acids is 1. The Morgan fingerprint density at radius 3 is 2.67 bits per heavy atom.